The first-order valence-corrected chi connectivity index (χ1v) is 7.52. The molecule has 1 aromatic heterocycles. The summed E-state index contributed by atoms with van der Waals surface area (Å²) in [6.07, 6.45) is 1.34. The third kappa shape index (κ3) is 3.33. The quantitative estimate of drug-likeness (QED) is 0.661. The summed E-state index contributed by atoms with van der Waals surface area (Å²) >= 11 is 0. The van der Waals surface area contributed by atoms with Crippen LogP contribution in [0.3, 0.4) is 0 Å². The molecule has 1 heterocycles. The Morgan fingerprint density at radius 2 is 1.72 bits per heavy atom. The highest BCUT2D eigenvalue weighted by atomic mass is 16.5. The molecule has 0 fully saturated rings. The molecule has 0 saturated carbocycles. The lowest BCUT2D eigenvalue weighted by molar-refractivity contribution is 0.0450. The minimum absolute atomic E-state index is 0.0146. The van der Waals surface area contributed by atoms with Gasteiger partial charge in [-0.2, -0.15) is 0 Å². The van der Waals surface area contributed by atoms with Crippen LogP contribution in [-0.4, -0.2) is 26.2 Å². The Kier molecular flexibility index (Phi) is 4.70. The van der Waals surface area contributed by atoms with Crippen LogP contribution in [0.25, 0.3) is 10.8 Å². The molecule has 128 valence electrons. The van der Waals surface area contributed by atoms with Gasteiger partial charge in [0.05, 0.1) is 20.5 Å². The van der Waals surface area contributed by atoms with Crippen LogP contribution < -0.4 is 4.74 Å². The molecule has 0 spiro atoms. The summed E-state index contributed by atoms with van der Waals surface area (Å²) < 4.78 is 20.3. The maximum absolute atomic E-state index is 12.5. The van der Waals surface area contributed by atoms with Crippen LogP contribution >= 0.6 is 0 Å². The Balaban J connectivity index is 1.83. The predicted molar refractivity (Wildman–Crippen MR) is 89.7 cm³/mol. The maximum atomic E-state index is 12.5. The highest BCUT2D eigenvalue weighted by Crippen LogP contribution is 2.27. The Bertz CT molecular complexity index is 925. The van der Waals surface area contributed by atoms with Crippen molar-refractivity contribution >= 4 is 22.7 Å². The van der Waals surface area contributed by atoms with Crippen LogP contribution in [0.4, 0.5) is 0 Å². The molecule has 3 aromatic rings. The van der Waals surface area contributed by atoms with E-state index in [2.05, 4.69) is 4.74 Å². The zero-order chi connectivity index (χ0) is 17.8. The van der Waals surface area contributed by atoms with Gasteiger partial charge in [-0.1, -0.05) is 24.3 Å². The molecule has 0 unspecified atom stereocenters. The molecule has 2 aromatic carbocycles. The van der Waals surface area contributed by atoms with E-state index in [9.17, 15) is 9.59 Å². The number of esters is 2. The van der Waals surface area contributed by atoms with Crippen molar-refractivity contribution in [3.8, 4) is 5.75 Å². The fourth-order valence-electron chi connectivity index (χ4n) is 2.49. The second-order valence-electron chi connectivity index (χ2n) is 5.24. The fraction of sp³-hybridized carbons (Fsp3) is 0.158. The van der Waals surface area contributed by atoms with Gasteiger partial charge in [0.2, 0.25) is 5.76 Å². The molecule has 0 aliphatic carbocycles. The number of rotatable bonds is 5. The number of benzene rings is 2. The molecule has 0 atom stereocenters. The van der Waals surface area contributed by atoms with Gasteiger partial charge in [0.15, 0.2) is 0 Å². The van der Waals surface area contributed by atoms with Gasteiger partial charge in [-0.15, -0.1) is 0 Å². The van der Waals surface area contributed by atoms with Gasteiger partial charge in [0.1, 0.15) is 17.9 Å². The van der Waals surface area contributed by atoms with E-state index in [1.165, 1.54) is 20.5 Å². The number of carbonyl (C=O) groups excluding carboxylic acids is 2. The summed E-state index contributed by atoms with van der Waals surface area (Å²) in [6, 6.07) is 12.7. The normalized spacial score (nSPS) is 10.5. The standard InChI is InChI=1S/C19H16O6/c1-22-16-10-13-6-4-3-5-12(13)9-15(16)18(20)25-11-14-7-8-24-17(14)19(21)23-2/h3-10H,11H2,1-2H3. The first kappa shape index (κ1) is 16.6. The van der Waals surface area contributed by atoms with Gasteiger partial charge < -0.3 is 18.6 Å². The van der Waals surface area contributed by atoms with Crippen LogP contribution in [0.1, 0.15) is 26.5 Å². The number of furan rings is 1. The molecule has 0 radical (unpaired) electrons. The minimum Gasteiger partial charge on any atom is -0.496 e. The lowest BCUT2D eigenvalue weighted by Crippen LogP contribution is -2.09. The van der Waals surface area contributed by atoms with Gasteiger partial charge in [0.25, 0.3) is 0 Å². The summed E-state index contributed by atoms with van der Waals surface area (Å²) in [7, 11) is 2.74. The molecule has 25 heavy (non-hydrogen) atoms. The first-order chi connectivity index (χ1) is 12.1. The number of hydrogen-bond donors (Lipinski definition) is 0. The molecule has 0 aliphatic rings. The van der Waals surface area contributed by atoms with Crippen molar-refractivity contribution in [1.82, 2.24) is 0 Å². The molecule has 6 heteroatoms. The van der Waals surface area contributed by atoms with E-state index >= 15 is 0 Å². The lowest BCUT2D eigenvalue weighted by atomic mass is 10.1. The molecule has 3 rings (SSSR count). The number of ether oxygens (including phenoxy) is 3. The van der Waals surface area contributed by atoms with Gasteiger partial charge >= 0.3 is 11.9 Å². The van der Waals surface area contributed by atoms with Crippen molar-refractivity contribution in [2.45, 2.75) is 6.61 Å². The number of carbonyl (C=O) groups is 2. The van der Waals surface area contributed by atoms with E-state index in [4.69, 9.17) is 13.9 Å². The average Bonchev–Trinajstić information content (AvgIpc) is 3.12. The van der Waals surface area contributed by atoms with Crippen molar-refractivity contribution in [1.29, 1.82) is 0 Å². The number of hydrogen-bond acceptors (Lipinski definition) is 6. The highest BCUT2D eigenvalue weighted by molar-refractivity contribution is 5.98. The molecular formula is C19H16O6. The van der Waals surface area contributed by atoms with E-state index in [1.807, 2.05) is 24.3 Å². The van der Waals surface area contributed by atoms with E-state index in [1.54, 1.807) is 18.2 Å². The van der Waals surface area contributed by atoms with Crippen molar-refractivity contribution in [2.75, 3.05) is 14.2 Å². The monoisotopic (exact) mass is 340 g/mol. The molecule has 6 nitrogen and oxygen atoms in total. The zero-order valence-corrected chi connectivity index (χ0v) is 13.8. The second-order valence-corrected chi connectivity index (χ2v) is 5.24. The second kappa shape index (κ2) is 7.09. The first-order valence-electron chi connectivity index (χ1n) is 7.52. The Morgan fingerprint density at radius 1 is 1.00 bits per heavy atom. The van der Waals surface area contributed by atoms with Crippen LogP contribution in [0.2, 0.25) is 0 Å². The van der Waals surface area contributed by atoms with Crippen molar-refractivity contribution in [3.63, 3.8) is 0 Å². The molecule has 0 N–H and O–H groups in total. The van der Waals surface area contributed by atoms with Crippen LogP contribution in [0.15, 0.2) is 53.1 Å². The summed E-state index contributed by atoms with van der Waals surface area (Å²) in [4.78, 5) is 24.0. The topological polar surface area (TPSA) is 75.0 Å². The Labute approximate surface area is 143 Å². The molecule has 0 amide bonds. The molecule has 0 bridgehead atoms. The fourth-order valence-corrected chi connectivity index (χ4v) is 2.49. The zero-order valence-electron chi connectivity index (χ0n) is 13.8. The van der Waals surface area contributed by atoms with E-state index < -0.39 is 11.9 Å². The highest BCUT2D eigenvalue weighted by Gasteiger charge is 2.19. The van der Waals surface area contributed by atoms with Crippen molar-refractivity contribution in [3.05, 3.63) is 65.6 Å². The van der Waals surface area contributed by atoms with Crippen molar-refractivity contribution < 1.29 is 28.2 Å². The lowest BCUT2D eigenvalue weighted by Gasteiger charge is -2.10. The molecule has 0 saturated heterocycles. The van der Waals surface area contributed by atoms with Crippen LogP contribution in [0.5, 0.6) is 5.75 Å². The third-order valence-corrected chi connectivity index (χ3v) is 3.76. The Morgan fingerprint density at radius 3 is 2.40 bits per heavy atom. The number of methoxy groups -OCH3 is 2. The van der Waals surface area contributed by atoms with Crippen molar-refractivity contribution in [2.24, 2.45) is 0 Å². The van der Waals surface area contributed by atoms with Gasteiger partial charge in [-0.25, -0.2) is 9.59 Å². The summed E-state index contributed by atoms with van der Waals surface area (Å²) in [5, 5.41) is 1.85. The smallest absolute Gasteiger partial charge is 0.374 e. The summed E-state index contributed by atoms with van der Waals surface area (Å²) in [5.41, 5.74) is 0.740. The summed E-state index contributed by atoms with van der Waals surface area (Å²) in [6.45, 7) is -0.115. The van der Waals surface area contributed by atoms with Gasteiger partial charge in [-0.05, 0) is 29.0 Å². The van der Waals surface area contributed by atoms with Gasteiger partial charge in [-0.3, -0.25) is 0 Å². The SMILES string of the molecule is COC(=O)c1occc1COC(=O)c1cc2ccccc2cc1OC. The largest absolute Gasteiger partial charge is 0.496 e. The Hall–Kier alpha value is -3.28. The molecular weight excluding hydrogens is 324 g/mol. The molecule has 0 aliphatic heterocycles. The summed E-state index contributed by atoms with van der Waals surface area (Å²) in [5.74, 6) is -0.746. The number of fused-ring (bicyclic) bond motifs is 1. The third-order valence-electron chi connectivity index (χ3n) is 3.76. The minimum atomic E-state index is -0.626. The van der Waals surface area contributed by atoms with E-state index in [0.717, 1.165) is 10.8 Å². The van der Waals surface area contributed by atoms with Gasteiger partial charge in [0, 0.05) is 5.56 Å². The average molecular weight is 340 g/mol. The maximum Gasteiger partial charge on any atom is 0.374 e. The van der Waals surface area contributed by atoms with Crippen LogP contribution in [0, 0.1) is 0 Å². The van der Waals surface area contributed by atoms with Crippen LogP contribution in [-0.2, 0) is 16.1 Å². The predicted octanol–water partition coefficient (Wildman–Crippen LogP) is 3.59. The van der Waals surface area contributed by atoms with E-state index in [-0.39, 0.29) is 12.4 Å². The van der Waals surface area contributed by atoms with E-state index in [0.29, 0.717) is 16.9 Å².